The lowest BCUT2D eigenvalue weighted by molar-refractivity contribution is 0.275. The van der Waals surface area contributed by atoms with Crippen molar-refractivity contribution in [2.45, 2.75) is 37.9 Å². The summed E-state index contributed by atoms with van der Waals surface area (Å²) in [4.78, 5) is 0. The van der Waals surface area contributed by atoms with Crippen molar-refractivity contribution in [3.05, 3.63) is 0 Å². The first-order valence-electron chi connectivity index (χ1n) is 4.54. The minimum Gasteiger partial charge on any atom is -0.415 e. The van der Waals surface area contributed by atoms with Crippen molar-refractivity contribution in [2.24, 2.45) is 0 Å². The molecule has 1 saturated heterocycles. The minimum atomic E-state index is -0.499. The Morgan fingerprint density at radius 3 is 2.82 bits per heavy atom. The lowest BCUT2D eigenvalue weighted by Gasteiger charge is -2.26. The molecule has 1 aliphatic rings. The van der Waals surface area contributed by atoms with Gasteiger partial charge in [0.1, 0.15) is 0 Å². The Balaban J connectivity index is 2.30. The molecule has 1 radical (unpaired) electrons. The second-order valence-corrected chi connectivity index (χ2v) is 5.44. The van der Waals surface area contributed by atoms with Gasteiger partial charge in [-0.15, -0.1) is 0 Å². The van der Waals surface area contributed by atoms with Crippen LogP contribution in [0.25, 0.3) is 0 Å². The summed E-state index contributed by atoms with van der Waals surface area (Å²) in [5.41, 5.74) is 0.667. The Hall–Kier alpha value is 0.137. The fourth-order valence-corrected chi connectivity index (χ4v) is 4.02. The second-order valence-electron chi connectivity index (χ2n) is 3.02. The van der Waals surface area contributed by atoms with Crippen LogP contribution in [0.15, 0.2) is 0 Å². The Morgan fingerprint density at radius 1 is 1.55 bits per heavy atom. The summed E-state index contributed by atoms with van der Waals surface area (Å²) in [6.07, 6.45) is 3.87. The molecule has 0 spiro atoms. The summed E-state index contributed by atoms with van der Waals surface area (Å²) in [7, 11) is 1.55. The van der Waals surface area contributed by atoms with Crippen molar-refractivity contribution in [3.8, 4) is 0 Å². The van der Waals surface area contributed by atoms with Crippen LogP contribution in [-0.4, -0.2) is 28.4 Å². The zero-order valence-corrected chi connectivity index (χ0v) is 8.52. The summed E-state index contributed by atoms with van der Waals surface area (Å²) in [6, 6.07) is 1.34. The average molecular weight is 172 g/mol. The monoisotopic (exact) mass is 172 g/mol. The maximum absolute atomic E-state index is 5.76. The topological polar surface area (TPSA) is 21.3 Å². The molecule has 0 aromatic rings. The third-order valence-electron chi connectivity index (χ3n) is 2.25. The van der Waals surface area contributed by atoms with Gasteiger partial charge in [-0.1, -0.05) is 13.3 Å². The maximum Gasteiger partial charge on any atom is 0.228 e. The van der Waals surface area contributed by atoms with Gasteiger partial charge >= 0.3 is 0 Å². The first-order chi connectivity index (χ1) is 5.38. The highest BCUT2D eigenvalue weighted by molar-refractivity contribution is 6.53. The summed E-state index contributed by atoms with van der Waals surface area (Å²) >= 11 is 0. The fraction of sp³-hybridized carbons (Fsp3) is 1.00. The van der Waals surface area contributed by atoms with E-state index in [1.165, 1.54) is 25.3 Å². The van der Waals surface area contributed by atoms with Crippen LogP contribution in [0.1, 0.15) is 26.2 Å². The number of rotatable bonds is 3. The quantitative estimate of drug-likeness (QED) is 0.648. The van der Waals surface area contributed by atoms with Gasteiger partial charge in [-0.2, -0.15) is 0 Å². The number of nitrogens with one attached hydrogen (secondary N) is 1. The lowest BCUT2D eigenvalue weighted by Crippen LogP contribution is -2.44. The van der Waals surface area contributed by atoms with Crippen LogP contribution in [0.3, 0.4) is 0 Å². The van der Waals surface area contributed by atoms with E-state index in [0.29, 0.717) is 5.67 Å². The Labute approximate surface area is 71.1 Å². The number of hydrogen-bond donors (Lipinski definition) is 1. The van der Waals surface area contributed by atoms with E-state index in [9.17, 15) is 0 Å². The van der Waals surface area contributed by atoms with Crippen LogP contribution >= 0.6 is 0 Å². The van der Waals surface area contributed by atoms with Gasteiger partial charge in [-0.3, -0.25) is 0 Å². The summed E-state index contributed by atoms with van der Waals surface area (Å²) < 4.78 is 5.76. The predicted molar refractivity (Wildman–Crippen MR) is 48.9 cm³/mol. The van der Waals surface area contributed by atoms with E-state index >= 15 is 0 Å². The van der Waals surface area contributed by atoms with E-state index in [-0.39, 0.29) is 0 Å². The van der Waals surface area contributed by atoms with Crippen LogP contribution in [0, 0.1) is 0 Å². The normalized spacial score (nSPS) is 23.5. The molecule has 1 atom stereocenters. The molecule has 0 aromatic carbocycles. The van der Waals surface area contributed by atoms with Crippen LogP contribution in [-0.2, 0) is 4.43 Å². The third kappa shape index (κ3) is 2.58. The third-order valence-corrected chi connectivity index (χ3v) is 5.15. The maximum atomic E-state index is 5.76. The van der Waals surface area contributed by atoms with Gasteiger partial charge < -0.3 is 9.74 Å². The summed E-state index contributed by atoms with van der Waals surface area (Å²) in [6.45, 7) is 3.24. The van der Waals surface area contributed by atoms with E-state index < -0.39 is 9.04 Å². The van der Waals surface area contributed by atoms with E-state index in [1.807, 2.05) is 7.05 Å². The van der Waals surface area contributed by atoms with Crippen LogP contribution < -0.4 is 5.32 Å². The molecule has 65 valence electrons. The molecule has 0 aromatic heterocycles. The van der Waals surface area contributed by atoms with Crippen molar-refractivity contribution in [2.75, 3.05) is 13.7 Å². The summed E-state index contributed by atoms with van der Waals surface area (Å²) in [5, 5.41) is 3.34. The fourth-order valence-electron chi connectivity index (χ4n) is 1.54. The standard InChI is InChI=1S/C8H18NOSi/c1-3-8(9-2)11-7-5-4-6-10-11/h8-9H,3-7H2,1-2H3. The van der Waals surface area contributed by atoms with Crippen molar-refractivity contribution < 1.29 is 4.43 Å². The van der Waals surface area contributed by atoms with Crippen LogP contribution in [0.4, 0.5) is 0 Å². The van der Waals surface area contributed by atoms with Gasteiger partial charge in [0, 0.05) is 12.3 Å². The largest absolute Gasteiger partial charge is 0.415 e. The molecular formula is C8H18NOSi. The molecule has 2 nitrogen and oxygen atoms in total. The van der Waals surface area contributed by atoms with E-state index in [4.69, 9.17) is 4.43 Å². The first kappa shape index (κ1) is 9.23. The van der Waals surface area contributed by atoms with Crippen molar-refractivity contribution in [3.63, 3.8) is 0 Å². The van der Waals surface area contributed by atoms with E-state index in [0.717, 1.165) is 6.61 Å². The number of hydrogen-bond acceptors (Lipinski definition) is 2. The highest BCUT2D eigenvalue weighted by Crippen LogP contribution is 2.14. The zero-order valence-electron chi connectivity index (χ0n) is 7.52. The lowest BCUT2D eigenvalue weighted by atomic mass is 10.4. The first-order valence-corrected chi connectivity index (χ1v) is 6.23. The zero-order chi connectivity index (χ0) is 8.10. The smallest absolute Gasteiger partial charge is 0.228 e. The predicted octanol–water partition coefficient (Wildman–Crippen LogP) is 1.33. The van der Waals surface area contributed by atoms with E-state index in [2.05, 4.69) is 12.2 Å². The molecule has 1 heterocycles. The molecule has 11 heavy (non-hydrogen) atoms. The molecule has 0 aliphatic carbocycles. The van der Waals surface area contributed by atoms with Crippen LogP contribution in [0.5, 0.6) is 0 Å². The molecule has 1 aliphatic heterocycles. The molecule has 0 amide bonds. The van der Waals surface area contributed by atoms with Crippen molar-refractivity contribution >= 4 is 9.04 Å². The molecule has 3 heteroatoms. The van der Waals surface area contributed by atoms with E-state index in [1.54, 1.807) is 0 Å². The Bertz CT molecular complexity index is 100. The van der Waals surface area contributed by atoms with Crippen LogP contribution in [0.2, 0.25) is 6.04 Å². The SMILES string of the molecule is CCC(NC)[Si]1CCCCO1. The Morgan fingerprint density at radius 2 is 2.36 bits per heavy atom. The second kappa shape index (κ2) is 4.90. The molecular weight excluding hydrogens is 154 g/mol. The molecule has 1 N–H and O–H groups in total. The van der Waals surface area contributed by atoms with Gasteiger partial charge in [0.05, 0.1) is 0 Å². The van der Waals surface area contributed by atoms with Gasteiger partial charge in [0.2, 0.25) is 9.04 Å². The van der Waals surface area contributed by atoms with Crippen molar-refractivity contribution in [1.29, 1.82) is 0 Å². The minimum absolute atomic E-state index is 0.499. The van der Waals surface area contributed by atoms with Gasteiger partial charge in [-0.25, -0.2) is 0 Å². The van der Waals surface area contributed by atoms with Gasteiger partial charge in [-0.05, 0) is 25.9 Å². The molecule has 0 bridgehead atoms. The average Bonchev–Trinajstić information content (AvgIpc) is 2.09. The molecule has 1 unspecified atom stereocenters. The highest BCUT2D eigenvalue weighted by Gasteiger charge is 2.24. The van der Waals surface area contributed by atoms with Gasteiger partial charge in [0.15, 0.2) is 0 Å². The van der Waals surface area contributed by atoms with Crippen molar-refractivity contribution in [1.82, 2.24) is 5.32 Å². The van der Waals surface area contributed by atoms with Gasteiger partial charge in [0.25, 0.3) is 0 Å². The molecule has 1 rings (SSSR count). The summed E-state index contributed by atoms with van der Waals surface area (Å²) in [5.74, 6) is 0. The highest BCUT2D eigenvalue weighted by atomic mass is 28.3. The molecule has 0 saturated carbocycles. The molecule has 1 fully saturated rings. The Kier molecular flexibility index (Phi) is 4.11.